The van der Waals surface area contributed by atoms with Crippen LogP contribution in [0.3, 0.4) is 0 Å². The maximum atomic E-state index is 13.2. The Bertz CT molecular complexity index is 958. The molecule has 3 heterocycles. The zero-order valence-electron chi connectivity index (χ0n) is 16.5. The third-order valence-electron chi connectivity index (χ3n) is 6.15. The number of rotatable bonds is 3. The number of hydrogen-bond acceptors (Lipinski definition) is 3. The topological polar surface area (TPSA) is 62.6 Å². The summed E-state index contributed by atoms with van der Waals surface area (Å²) in [5, 5.41) is 0.915. The zero-order chi connectivity index (χ0) is 19.7. The summed E-state index contributed by atoms with van der Waals surface area (Å²) in [7, 11) is -1.65. The molecule has 1 amide bonds. The fraction of sp³-hybridized carbons (Fsp3) is 0.571. The number of benzene rings is 1. The van der Waals surface area contributed by atoms with Crippen molar-refractivity contribution in [1.82, 2.24) is 13.8 Å². The van der Waals surface area contributed by atoms with Gasteiger partial charge in [-0.2, -0.15) is 4.31 Å². The van der Waals surface area contributed by atoms with Crippen LogP contribution in [-0.4, -0.2) is 54.3 Å². The summed E-state index contributed by atoms with van der Waals surface area (Å²) in [4.78, 5) is 15.3. The van der Waals surface area contributed by atoms with E-state index in [0.29, 0.717) is 18.0 Å². The molecule has 0 radical (unpaired) electrons. The van der Waals surface area contributed by atoms with E-state index in [2.05, 4.69) is 0 Å². The highest BCUT2D eigenvalue weighted by Gasteiger charge is 2.35. The summed E-state index contributed by atoms with van der Waals surface area (Å²) in [5.74, 6) is -0.0811. The van der Waals surface area contributed by atoms with Crippen molar-refractivity contribution in [2.45, 2.75) is 43.4 Å². The number of carbonyl (C=O) groups excluding carboxylic acids is 1. The normalized spacial score (nSPS) is 22.3. The van der Waals surface area contributed by atoms with Crippen LogP contribution < -0.4 is 0 Å². The minimum atomic E-state index is -3.60. The molecule has 0 spiro atoms. The van der Waals surface area contributed by atoms with Crippen molar-refractivity contribution >= 4 is 26.8 Å². The van der Waals surface area contributed by atoms with E-state index in [1.165, 1.54) is 17.1 Å². The number of likely N-dealkylation sites (tertiary alicyclic amines) is 1. The Labute approximate surface area is 167 Å². The first kappa shape index (κ1) is 19.5. The Kier molecular flexibility index (Phi) is 5.47. The van der Waals surface area contributed by atoms with Gasteiger partial charge in [0.25, 0.3) is 0 Å². The fourth-order valence-corrected chi connectivity index (χ4v) is 6.04. The van der Waals surface area contributed by atoms with Crippen LogP contribution in [0.5, 0.6) is 0 Å². The smallest absolute Gasteiger partial charge is 0.243 e. The highest BCUT2D eigenvalue weighted by atomic mass is 32.2. The highest BCUT2D eigenvalue weighted by Crippen LogP contribution is 2.28. The van der Waals surface area contributed by atoms with Crippen LogP contribution in [0.25, 0.3) is 10.9 Å². The molecule has 0 bridgehead atoms. The molecular formula is C21H29N3O3S. The molecule has 1 aromatic carbocycles. The van der Waals surface area contributed by atoms with E-state index in [4.69, 9.17) is 0 Å². The van der Waals surface area contributed by atoms with Crippen LogP contribution in [0.2, 0.25) is 0 Å². The van der Waals surface area contributed by atoms with Gasteiger partial charge in [-0.3, -0.25) is 4.79 Å². The maximum absolute atomic E-state index is 13.2. The first-order chi connectivity index (χ1) is 13.5. The third-order valence-corrected chi connectivity index (χ3v) is 8.01. The van der Waals surface area contributed by atoms with Crippen LogP contribution in [0, 0.1) is 5.92 Å². The Morgan fingerprint density at radius 1 is 1.00 bits per heavy atom. The van der Waals surface area contributed by atoms with Gasteiger partial charge in [0, 0.05) is 50.3 Å². The van der Waals surface area contributed by atoms with Crippen molar-refractivity contribution in [2.24, 2.45) is 13.0 Å². The molecule has 2 aromatic rings. The summed E-state index contributed by atoms with van der Waals surface area (Å²) in [6.45, 7) is 2.41. The molecule has 2 aliphatic heterocycles. The molecule has 7 heteroatoms. The predicted octanol–water partition coefficient (Wildman–Crippen LogP) is 2.98. The minimum Gasteiger partial charge on any atom is -0.351 e. The maximum Gasteiger partial charge on any atom is 0.243 e. The van der Waals surface area contributed by atoms with Crippen molar-refractivity contribution < 1.29 is 13.2 Å². The molecule has 1 atom stereocenters. The number of aromatic nitrogens is 1. The van der Waals surface area contributed by atoms with Gasteiger partial charge in [-0.25, -0.2) is 8.42 Å². The van der Waals surface area contributed by atoms with Crippen molar-refractivity contribution in [2.75, 3.05) is 26.2 Å². The highest BCUT2D eigenvalue weighted by molar-refractivity contribution is 7.89. The number of piperidine rings is 1. The van der Waals surface area contributed by atoms with Crippen LogP contribution in [0.1, 0.15) is 38.5 Å². The Hall–Kier alpha value is -1.86. The molecule has 0 unspecified atom stereocenters. The Balaban J connectivity index is 1.53. The summed E-state index contributed by atoms with van der Waals surface area (Å²) in [6.07, 6.45) is 7.90. The number of nitrogens with zero attached hydrogens (tertiary/aromatic N) is 3. The summed E-state index contributed by atoms with van der Waals surface area (Å²) < 4.78 is 30.0. The van der Waals surface area contributed by atoms with Crippen LogP contribution in [0.15, 0.2) is 35.4 Å². The molecule has 152 valence electrons. The average Bonchev–Trinajstić information content (AvgIpc) is 2.91. The standard InChI is InChI=1S/C21H29N3O3S/c1-22-14-10-17-15-19(8-9-20(17)22)28(26,27)24-13-6-7-18(16-24)21(25)23-11-4-2-3-5-12-23/h8-10,14-15,18H,2-7,11-13,16H2,1H3/t18-/m1/s1. The predicted molar refractivity (Wildman–Crippen MR) is 109 cm³/mol. The first-order valence-corrected chi connectivity index (χ1v) is 11.7. The summed E-state index contributed by atoms with van der Waals surface area (Å²) >= 11 is 0. The van der Waals surface area contributed by atoms with Gasteiger partial charge >= 0.3 is 0 Å². The van der Waals surface area contributed by atoms with Gasteiger partial charge in [0.2, 0.25) is 15.9 Å². The molecule has 28 heavy (non-hydrogen) atoms. The van der Waals surface area contributed by atoms with Gasteiger partial charge < -0.3 is 9.47 Å². The lowest BCUT2D eigenvalue weighted by Crippen LogP contribution is -2.46. The van der Waals surface area contributed by atoms with Crippen molar-refractivity contribution in [3.63, 3.8) is 0 Å². The molecule has 0 N–H and O–H groups in total. The third kappa shape index (κ3) is 3.70. The second-order valence-electron chi connectivity index (χ2n) is 8.09. The summed E-state index contributed by atoms with van der Waals surface area (Å²) in [5.41, 5.74) is 1.01. The Morgan fingerprint density at radius 3 is 2.50 bits per heavy atom. The van der Waals surface area contributed by atoms with E-state index in [9.17, 15) is 13.2 Å². The number of aryl methyl sites for hydroxylation is 1. The molecule has 4 rings (SSSR count). The van der Waals surface area contributed by atoms with Crippen LogP contribution in [0.4, 0.5) is 0 Å². The number of fused-ring (bicyclic) bond motifs is 1. The van der Waals surface area contributed by atoms with Crippen molar-refractivity contribution in [3.05, 3.63) is 30.5 Å². The van der Waals surface area contributed by atoms with Crippen molar-refractivity contribution in [3.8, 4) is 0 Å². The van der Waals surface area contributed by atoms with Crippen molar-refractivity contribution in [1.29, 1.82) is 0 Å². The molecule has 2 aliphatic rings. The number of sulfonamides is 1. The van der Waals surface area contributed by atoms with E-state index in [0.717, 1.165) is 49.7 Å². The number of amides is 1. The molecule has 2 fully saturated rings. The summed E-state index contributed by atoms with van der Waals surface area (Å²) in [6, 6.07) is 7.20. The lowest BCUT2D eigenvalue weighted by molar-refractivity contribution is -0.136. The van der Waals surface area contributed by atoms with E-state index in [1.54, 1.807) is 12.1 Å². The average molecular weight is 404 g/mol. The molecule has 0 aliphatic carbocycles. The quantitative estimate of drug-likeness (QED) is 0.791. The lowest BCUT2D eigenvalue weighted by Gasteiger charge is -2.34. The second-order valence-corrected chi connectivity index (χ2v) is 10.0. The lowest BCUT2D eigenvalue weighted by atomic mass is 9.98. The van der Waals surface area contributed by atoms with Gasteiger partial charge in [-0.05, 0) is 49.9 Å². The van der Waals surface area contributed by atoms with Gasteiger partial charge in [0.1, 0.15) is 0 Å². The van der Waals surface area contributed by atoms with E-state index in [1.807, 2.05) is 34.8 Å². The monoisotopic (exact) mass is 403 g/mol. The van der Waals surface area contributed by atoms with Gasteiger partial charge in [-0.1, -0.05) is 12.8 Å². The molecule has 0 saturated carbocycles. The SMILES string of the molecule is Cn1ccc2cc(S(=O)(=O)N3CCC[C@@H](C(=O)N4CCCCCC4)C3)ccc21. The molecule has 2 saturated heterocycles. The largest absolute Gasteiger partial charge is 0.351 e. The minimum absolute atomic E-state index is 0.139. The van der Waals surface area contributed by atoms with Gasteiger partial charge in [0.05, 0.1) is 10.8 Å². The van der Waals surface area contributed by atoms with E-state index in [-0.39, 0.29) is 11.8 Å². The fourth-order valence-electron chi connectivity index (χ4n) is 4.48. The number of carbonyl (C=O) groups is 1. The van der Waals surface area contributed by atoms with E-state index >= 15 is 0 Å². The first-order valence-electron chi connectivity index (χ1n) is 10.3. The molecular weight excluding hydrogens is 374 g/mol. The van der Waals surface area contributed by atoms with Crippen LogP contribution >= 0.6 is 0 Å². The van der Waals surface area contributed by atoms with Gasteiger partial charge in [-0.15, -0.1) is 0 Å². The number of hydrogen-bond donors (Lipinski definition) is 0. The zero-order valence-corrected chi connectivity index (χ0v) is 17.3. The van der Waals surface area contributed by atoms with E-state index < -0.39 is 10.0 Å². The Morgan fingerprint density at radius 2 is 1.75 bits per heavy atom. The molecule has 6 nitrogen and oxygen atoms in total. The molecule has 1 aromatic heterocycles. The van der Waals surface area contributed by atoms with Crippen LogP contribution in [-0.2, 0) is 21.9 Å². The van der Waals surface area contributed by atoms with Gasteiger partial charge in [0.15, 0.2) is 0 Å². The second kappa shape index (κ2) is 7.87.